The summed E-state index contributed by atoms with van der Waals surface area (Å²) in [5, 5.41) is 13.9. The first-order chi connectivity index (χ1) is 14.9. The van der Waals surface area contributed by atoms with Crippen LogP contribution < -0.4 is 10.9 Å². The summed E-state index contributed by atoms with van der Waals surface area (Å²) >= 11 is 11.9. The molecule has 0 unspecified atom stereocenters. The van der Waals surface area contributed by atoms with E-state index in [4.69, 9.17) is 27.9 Å². The van der Waals surface area contributed by atoms with Crippen LogP contribution in [-0.2, 0) is 17.8 Å². The molecule has 0 fully saturated rings. The molecule has 2 heterocycles. The number of halogens is 2. The van der Waals surface area contributed by atoms with Gasteiger partial charge in [0.15, 0.2) is 5.69 Å². The van der Waals surface area contributed by atoms with Gasteiger partial charge in [-0.2, -0.15) is 0 Å². The van der Waals surface area contributed by atoms with Crippen molar-refractivity contribution in [1.29, 1.82) is 0 Å². The van der Waals surface area contributed by atoms with E-state index in [1.165, 1.54) is 4.40 Å². The summed E-state index contributed by atoms with van der Waals surface area (Å²) in [5.41, 5.74) is 0.930. The van der Waals surface area contributed by atoms with Crippen molar-refractivity contribution in [3.8, 4) is 5.75 Å². The minimum Gasteiger partial charge on any atom is -0.501 e. The molecule has 0 spiro atoms. The van der Waals surface area contributed by atoms with Gasteiger partial charge in [0.2, 0.25) is 11.5 Å². The molecule has 10 heteroatoms. The molecule has 4 aromatic rings. The highest BCUT2D eigenvalue weighted by atomic mass is 35.5. The number of nitrogens with zero attached hydrogens (tertiary/aromatic N) is 3. The highest BCUT2D eigenvalue weighted by molar-refractivity contribution is 6.42. The molecule has 0 bridgehead atoms. The van der Waals surface area contributed by atoms with E-state index in [0.717, 1.165) is 5.52 Å². The second kappa shape index (κ2) is 8.58. The van der Waals surface area contributed by atoms with Crippen molar-refractivity contribution in [2.45, 2.75) is 13.1 Å². The van der Waals surface area contributed by atoms with Crippen LogP contribution in [-0.4, -0.2) is 38.7 Å². The van der Waals surface area contributed by atoms with Gasteiger partial charge in [0, 0.05) is 20.2 Å². The minimum atomic E-state index is -0.725. The van der Waals surface area contributed by atoms with Crippen LogP contribution in [0.15, 0.2) is 47.3 Å². The van der Waals surface area contributed by atoms with Crippen molar-refractivity contribution in [2.24, 2.45) is 0 Å². The Hall–Kier alpha value is -3.07. The Morgan fingerprint density at radius 3 is 2.61 bits per heavy atom. The largest absolute Gasteiger partial charge is 0.501 e. The Bertz CT molecular complexity index is 1360. The van der Waals surface area contributed by atoms with E-state index in [1.807, 2.05) is 12.1 Å². The Morgan fingerprint density at radius 2 is 1.90 bits per heavy atom. The van der Waals surface area contributed by atoms with Gasteiger partial charge >= 0.3 is 5.56 Å². The quantitative estimate of drug-likeness (QED) is 0.460. The van der Waals surface area contributed by atoms with Crippen LogP contribution in [0.3, 0.4) is 0 Å². The van der Waals surface area contributed by atoms with Gasteiger partial charge in [0.1, 0.15) is 0 Å². The maximum Gasteiger partial charge on any atom is 0.302 e. The number of benzene rings is 2. The zero-order valence-corrected chi connectivity index (χ0v) is 17.9. The third kappa shape index (κ3) is 3.85. The molecular weight excluding hydrogens is 443 g/mol. The average Bonchev–Trinajstić information content (AvgIpc) is 3.08. The SMILES string of the molecule is COCCn1c2ccccc2n2c(=O)c(O)c(C(=O)NCc3ccc(Cl)c(Cl)c3)nc12. The van der Waals surface area contributed by atoms with Gasteiger partial charge in [-0.05, 0) is 29.8 Å². The van der Waals surface area contributed by atoms with Crippen LogP contribution in [0.1, 0.15) is 16.1 Å². The molecule has 0 saturated heterocycles. The summed E-state index contributed by atoms with van der Waals surface area (Å²) in [7, 11) is 1.57. The molecule has 2 aromatic heterocycles. The number of carbonyl (C=O) groups excluding carboxylic acids is 1. The number of nitrogens with one attached hydrogen (secondary N) is 1. The van der Waals surface area contributed by atoms with Crippen LogP contribution in [0.25, 0.3) is 16.8 Å². The number of carbonyl (C=O) groups is 1. The Balaban J connectivity index is 1.76. The van der Waals surface area contributed by atoms with E-state index in [1.54, 1.807) is 42.0 Å². The first-order valence-corrected chi connectivity index (χ1v) is 10.1. The maximum atomic E-state index is 12.9. The molecule has 4 rings (SSSR count). The van der Waals surface area contributed by atoms with Crippen LogP contribution in [0.4, 0.5) is 0 Å². The third-order valence-electron chi connectivity index (χ3n) is 4.87. The molecule has 31 heavy (non-hydrogen) atoms. The fraction of sp³-hybridized carbons (Fsp3) is 0.190. The first kappa shape index (κ1) is 21.2. The van der Waals surface area contributed by atoms with Gasteiger partial charge in [0.05, 0.1) is 27.7 Å². The molecule has 0 saturated carbocycles. The number of imidazole rings is 1. The lowest BCUT2D eigenvalue weighted by molar-refractivity contribution is 0.0942. The lowest BCUT2D eigenvalue weighted by Gasteiger charge is -2.09. The molecule has 2 N–H and O–H groups in total. The lowest BCUT2D eigenvalue weighted by Crippen LogP contribution is -2.27. The number of methoxy groups -OCH3 is 1. The van der Waals surface area contributed by atoms with E-state index in [0.29, 0.717) is 34.3 Å². The number of para-hydroxylation sites is 2. The number of hydrogen-bond donors (Lipinski definition) is 2. The number of aromatic nitrogens is 3. The van der Waals surface area contributed by atoms with Gasteiger partial charge in [0.25, 0.3) is 5.91 Å². The predicted octanol–water partition coefficient (Wildman–Crippen LogP) is 3.24. The Kier molecular flexibility index (Phi) is 5.86. The van der Waals surface area contributed by atoms with Crippen LogP contribution >= 0.6 is 23.2 Å². The second-order valence-corrected chi connectivity index (χ2v) is 7.63. The Morgan fingerprint density at radius 1 is 1.16 bits per heavy atom. The van der Waals surface area contributed by atoms with Crippen molar-refractivity contribution in [1.82, 2.24) is 19.3 Å². The molecule has 2 aromatic carbocycles. The summed E-state index contributed by atoms with van der Waals surface area (Å²) in [6.45, 7) is 0.905. The van der Waals surface area contributed by atoms with Crippen LogP contribution in [0.2, 0.25) is 10.0 Å². The van der Waals surface area contributed by atoms with E-state index in [2.05, 4.69) is 10.3 Å². The summed E-state index contributed by atoms with van der Waals surface area (Å²) in [4.78, 5) is 30.0. The molecule has 0 aliphatic rings. The van der Waals surface area contributed by atoms with Gasteiger partial charge in [-0.3, -0.25) is 9.59 Å². The molecular formula is C21H18Cl2N4O4. The molecule has 0 atom stereocenters. The number of hydrogen-bond acceptors (Lipinski definition) is 5. The summed E-state index contributed by atoms with van der Waals surface area (Å²) < 4.78 is 8.23. The molecule has 160 valence electrons. The number of ether oxygens (including phenoxy) is 1. The predicted molar refractivity (Wildman–Crippen MR) is 118 cm³/mol. The van der Waals surface area contributed by atoms with E-state index in [-0.39, 0.29) is 18.0 Å². The molecule has 0 radical (unpaired) electrons. The van der Waals surface area contributed by atoms with Crippen molar-refractivity contribution >= 4 is 45.9 Å². The number of rotatable bonds is 6. The van der Waals surface area contributed by atoms with Crippen LogP contribution in [0, 0.1) is 0 Å². The number of fused-ring (bicyclic) bond motifs is 3. The van der Waals surface area contributed by atoms with Gasteiger partial charge in [-0.15, -0.1) is 0 Å². The summed E-state index contributed by atoms with van der Waals surface area (Å²) in [5.74, 6) is -1.17. The Labute approximate surface area is 186 Å². The van der Waals surface area contributed by atoms with Crippen molar-refractivity contribution in [3.63, 3.8) is 0 Å². The van der Waals surface area contributed by atoms with E-state index < -0.39 is 17.2 Å². The van der Waals surface area contributed by atoms with Gasteiger partial charge < -0.3 is 19.7 Å². The normalized spacial score (nSPS) is 11.3. The number of aromatic hydroxyl groups is 1. The molecule has 0 aliphatic heterocycles. The minimum absolute atomic E-state index is 0.114. The fourth-order valence-corrected chi connectivity index (χ4v) is 3.69. The number of amides is 1. The van der Waals surface area contributed by atoms with E-state index >= 15 is 0 Å². The highest BCUT2D eigenvalue weighted by Crippen LogP contribution is 2.23. The monoisotopic (exact) mass is 460 g/mol. The highest BCUT2D eigenvalue weighted by Gasteiger charge is 2.22. The smallest absolute Gasteiger partial charge is 0.302 e. The zero-order chi connectivity index (χ0) is 22.1. The van der Waals surface area contributed by atoms with Gasteiger partial charge in [-0.25, -0.2) is 9.38 Å². The van der Waals surface area contributed by atoms with Crippen molar-refractivity contribution in [2.75, 3.05) is 13.7 Å². The zero-order valence-electron chi connectivity index (χ0n) is 16.4. The average molecular weight is 461 g/mol. The van der Waals surface area contributed by atoms with Crippen LogP contribution in [0.5, 0.6) is 5.75 Å². The van der Waals surface area contributed by atoms with Crippen molar-refractivity contribution < 1.29 is 14.6 Å². The molecule has 8 nitrogen and oxygen atoms in total. The first-order valence-electron chi connectivity index (χ1n) is 9.36. The summed E-state index contributed by atoms with van der Waals surface area (Å²) in [6.07, 6.45) is 0. The second-order valence-electron chi connectivity index (χ2n) is 6.81. The van der Waals surface area contributed by atoms with E-state index in [9.17, 15) is 14.7 Å². The maximum absolute atomic E-state index is 12.9. The third-order valence-corrected chi connectivity index (χ3v) is 5.61. The topological polar surface area (TPSA) is 97.9 Å². The van der Waals surface area contributed by atoms with Gasteiger partial charge in [-0.1, -0.05) is 41.4 Å². The standard InChI is InChI=1S/C21H18Cl2N4O4/c1-31-9-8-26-15-4-2-3-5-16(15)27-20(30)18(28)17(25-21(26)27)19(29)24-11-12-6-7-13(22)14(23)10-12/h2-7,10,28H,8-9,11H2,1H3,(H,24,29). The molecule has 1 amide bonds. The fourth-order valence-electron chi connectivity index (χ4n) is 3.37. The summed E-state index contributed by atoms with van der Waals surface area (Å²) in [6, 6.07) is 12.1. The van der Waals surface area contributed by atoms with Crippen molar-refractivity contribution in [3.05, 3.63) is 74.1 Å². The lowest BCUT2D eigenvalue weighted by atomic mass is 10.2. The molecule has 0 aliphatic carbocycles.